The lowest BCUT2D eigenvalue weighted by Crippen LogP contribution is -2.64. The zero-order valence-electron chi connectivity index (χ0n) is 20.1. The Labute approximate surface area is 210 Å². The topological polar surface area (TPSA) is 142 Å². The van der Waals surface area contributed by atoms with Gasteiger partial charge in [-0.15, -0.1) is 0 Å². The Balaban J connectivity index is 1.31. The van der Waals surface area contributed by atoms with Gasteiger partial charge < -0.3 is 15.5 Å². The van der Waals surface area contributed by atoms with Crippen LogP contribution in [0, 0.1) is 24.2 Å². The lowest BCUT2D eigenvalue weighted by Gasteiger charge is -2.49. The van der Waals surface area contributed by atoms with Crippen molar-refractivity contribution in [3.63, 3.8) is 0 Å². The van der Waals surface area contributed by atoms with E-state index in [-0.39, 0.29) is 25.4 Å². The molecule has 3 aromatic heterocycles. The first-order chi connectivity index (χ1) is 17.7. The molecular weight excluding hydrogens is 484 g/mol. The fourth-order valence-corrected chi connectivity index (χ4v) is 4.43. The Hall–Kier alpha value is -4.47. The molecular formula is C24H23F2N9O2. The van der Waals surface area contributed by atoms with E-state index < -0.39 is 29.7 Å². The first kappa shape index (κ1) is 24.2. The molecule has 0 spiro atoms. The molecule has 1 aliphatic carbocycles. The predicted molar refractivity (Wildman–Crippen MR) is 127 cm³/mol. The molecule has 2 amide bonds. The fraction of sp³-hybridized carbons (Fsp3) is 0.375. The van der Waals surface area contributed by atoms with Crippen molar-refractivity contribution in [1.82, 2.24) is 34.9 Å². The predicted octanol–water partition coefficient (Wildman–Crippen LogP) is 2.25. The molecule has 37 heavy (non-hydrogen) atoms. The largest absolute Gasteiger partial charge is 0.354 e. The molecule has 1 saturated heterocycles. The first-order valence-corrected chi connectivity index (χ1v) is 11.5. The monoisotopic (exact) mass is 507 g/mol. The summed E-state index contributed by atoms with van der Waals surface area (Å²) in [6.45, 7) is 2.06. The highest BCUT2D eigenvalue weighted by atomic mass is 19.3. The van der Waals surface area contributed by atoms with Gasteiger partial charge in [0.15, 0.2) is 0 Å². The molecule has 4 heterocycles. The highest BCUT2D eigenvalue weighted by Crippen LogP contribution is 2.50. The number of hydrogen-bond donors (Lipinski definition) is 2. The third-order valence-corrected chi connectivity index (χ3v) is 6.61. The number of aromatic nitrogens is 5. The molecule has 13 heteroatoms. The van der Waals surface area contributed by atoms with Crippen molar-refractivity contribution in [1.29, 1.82) is 5.26 Å². The highest BCUT2D eigenvalue weighted by Gasteiger charge is 2.64. The number of aryl methyl sites for hydroxylation is 1. The minimum atomic E-state index is -2.93. The number of pyridine rings is 1. The molecule has 0 aromatic carbocycles. The molecule has 0 bridgehead atoms. The van der Waals surface area contributed by atoms with E-state index >= 15 is 0 Å². The van der Waals surface area contributed by atoms with Crippen LogP contribution in [0.3, 0.4) is 0 Å². The summed E-state index contributed by atoms with van der Waals surface area (Å²) in [5.41, 5.74) is 2.05. The number of anilines is 2. The summed E-state index contributed by atoms with van der Waals surface area (Å²) in [6, 6.07) is 5.58. The van der Waals surface area contributed by atoms with E-state index in [1.165, 1.54) is 18.1 Å². The van der Waals surface area contributed by atoms with Crippen LogP contribution in [-0.4, -0.2) is 67.5 Å². The van der Waals surface area contributed by atoms with E-state index in [4.69, 9.17) is 0 Å². The van der Waals surface area contributed by atoms with Crippen LogP contribution < -0.4 is 10.6 Å². The molecule has 2 fully saturated rings. The SMILES string of the molecule is CNC(=O)c1ncc(Nc2nccc(-c3cnn(C4(CC#N)CN(C(=O)C5CC5(F)F)C4)c3)n2)cc1C. The van der Waals surface area contributed by atoms with Crippen LogP contribution in [-0.2, 0) is 10.3 Å². The van der Waals surface area contributed by atoms with Gasteiger partial charge in [0.1, 0.15) is 17.2 Å². The van der Waals surface area contributed by atoms with Gasteiger partial charge in [-0.05, 0) is 24.6 Å². The first-order valence-electron chi connectivity index (χ1n) is 11.5. The number of carbonyl (C=O) groups is 2. The summed E-state index contributed by atoms with van der Waals surface area (Å²) in [6.07, 6.45) is 6.06. The van der Waals surface area contributed by atoms with Crippen molar-refractivity contribution in [2.75, 3.05) is 25.5 Å². The van der Waals surface area contributed by atoms with Crippen molar-refractivity contribution in [2.45, 2.75) is 31.2 Å². The normalized spacial score (nSPS) is 18.9. The minimum Gasteiger partial charge on any atom is -0.354 e. The lowest BCUT2D eigenvalue weighted by molar-refractivity contribution is -0.146. The van der Waals surface area contributed by atoms with E-state index in [9.17, 15) is 23.6 Å². The zero-order chi connectivity index (χ0) is 26.4. The van der Waals surface area contributed by atoms with Crippen molar-refractivity contribution in [2.24, 2.45) is 5.92 Å². The number of nitriles is 1. The van der Waals surface area contributed by atoms with Crippen LogP contribution in [0.25, 0.3) is 11.3 Å². The van der Waals surface area contributed by atoms with Crippen LogP contribution in [0.4, 0.5) is 20.4 Å². The van der Waals surface area contributed by atoms with Crippen LogP contribution in [0.5, 0.6) is 0 Å². The second-order valence-electron chi connectivity index (χ2n) is 9.30. The van der Waals surface area contributed by atoms with Gasteiger partial charge >= 0.3 is 0 Å². The summed E-state index contributed by atoms with van der Waals surface area (Å²) < 4.78 is 28.3. The van der Waals surface area contributed by atoms with Crippen LogP contribution in [0.1, 0.15) is 28.9 Å². The average molecular weight is 508 g/mol. The fourth-order valence-electron chi connectivity index (χ4n) is 4.43. The van der Waals surface area contributed by atoms with E-state index in [1.807, 2.05) is 0 Å². The number of hydrogen-bond acceptors (Lipinski definition) is 8. The summed E-state index contributed by atoms with van der Waals surface area (Å²) in [4.78, 5) is 38.5. The summed E-state index contributed by atoms with van der Waals surface area (Å²) in [5, 5.41) is 19.4. The molecule has 11 nitrogen and oxygen atoms in total. The molecule has 1 unspecified atom stereocenters. The van der Waals surface area contributed by atoms with E-state index in [2.05, 4.69) is 36.8 Å². The van der Waals surface area contributed by atoms with Crippen molar-refractivity contribution in [3.05, 3.63) is 48.2 Å². The standard InChI is InChI=1S/C24H23F2N9O2/c1-14-7-16(10-30-19(14)20(36)28-2)32-22-29-6-3-18(33-22)15-9-31-35(11-15)23(4-5-27)12-34(13-23)21(37)17-8-24(17,25)26/h3,6-7,9-11,17H,4,8,12-13H2,1-2H3,(H,28,36)(H,29,32,33). The van der Waals surface area contributed by atoms with E-state index in [1.54, 1.807) is 42.3 Å². The molecule has 1 atom stereocenters. The molecule has 5 rings (SSSR count). The third kappa shape index (κ3) is 4.46. The Morgan fingerprint density at radius 3 is 2.68 bits per heavy atom. The number of rotatable bonds is 7. The number of nitrogens with zero attached hydrogens (tertiary/aromatic N) is 7. The van der Waals surface area contributed by atoms with E-state index in [0.29, 0.717) is 34.2 Å². The zero-order valence-corrected chi connectivity index (χ0v) is 20.1. The van der Waals surface area contributed by atoms with Gasteiger partial charge in [-0.25, -0.2) is 23.7 Å². The van der Waals surface area contributed by atoms with Gasteiger partial charge in [-0.3, -0.25) is 14.3 Å². The van der Waals surface area contributed by atoms with Crippen molar-refractivity contribution >= 4 is 23.5 Å². The Bertz CT molecular complexity index is 1430. The second kappa shape index (κ2) is 8.88. The Morgan fingerprint density at radius 2 is 2.03 bits per heavy atom. The van der Waals surface area contributed by atoms with Gasteiger partial charge in [-0.2, -0.15) is 10.4 Å². The number of likely N-dealkylation sites (tertiary alicyclic amines) is 1. The van der Waals surface area contributed by atoms with Gasteiger partial charge in [0.05, 0.1) is 36.3 Å². The number of nitrogens with one attached hydrogen (secondary N) is 2. The van der Waals surface area contributed by atoms with Crippen molar-refractivity contribution < 1.29 is 18.4 Å². The van der Waals surface area contributed by atoms with Crippen LogP contribution in [0.2, 0.25) is 0 Å². The van der Waals surface area contributed by atoms with Gasteiger partial charge in [0, 0.05) is 44.5 Å². The Morgan fingerprint density at radius 1 is 1.27 bits per heavy atom. The molecule has 2 aliphatic rings. The molecule has 3 aromatic rings. The molecule has 190 valence electrons. The average Bonchev–Trinajstić information content (AvgIpc) is 3.24. The number of alkyl halides is 2. The third-order valence-electron chi connectivity index (χ3n) is 6.61. The van der Waals surface area contributed by atoms with Crippen LogP contribution in [0.15, 0.2) is 36.9 Å². The smallest absolute Gasteiger partial charge is 0.269 e. The number of halogens is 2. The Kier molecular flexibility index (Phi) is 5.82. The summed E-state index contributed by atoms with van der Waals surface area (Å²) in [7, 11) is 1.54. The minimum absolute atomic E-state index is 0.0773. The molecule has 1 aliphatic heterocycles. The maximum absolute atomic E-state index is 13.3. The van der Waals surface area contributed by atoms with Crippen LogP contribution >= 0.6 is 0 Å². The summed E-state index contributed by atoms with van der Waals surface area (Å²) >= 11 is 0. The number of amides is 2. The molecule has 2 N–H and O–H groups in total. The molecule has 1 saturated carbocycles. The second-order valence-corrected chi connectivity index (χ2v) is 9.30. The highest BCUT2D eigenvalue weighted by molar-refractivity contribution is 5.93. The summed E-state index contributed by atoms with van der Waals surface area (Å²) in [5.74, 6) is -4.74. The van der Waals surface area contributed by atoms with Gasteiger partial charge in [0.2, 0.25) is 11.9 Å². The maximum Gasteiger partial charge on any atom is 0.269 e. The van der Waals surface area contributed by atoms with Crippen molar-refractivity contribution in [3.8, 4) is 17.3 Å². The number of carbonyl (C=O) groups excluding carboxylic acids is 2. The quantitative estimate of drug-likeness (QED) is 0.496. The lowest BCUT2D eigenvalue weighted by atomic mass is 9.86. The maximum atomic E-state index is 13.3. The van der Waals surface area contributed by atoms with Gasteiger partial charge in [0.25, 0.3) is 11.8 Å². The van der Waals surface area contributed by atoms with E-state index in [0.717, 1.165) is 0 Å². The van der Waals surface area contributed by atoms with Gasteiger partial charge in [-0.1, -0.05) is 0 Å². The molecule has 0 radical (unpaired) electrons.